The number of nitrogens with zero attached hydrogens (tertiary/aromatic N) is 4. The molecule has 2 aromatic heterocycles. The summed E-state index contributed by atoms with van der Waals surface area (Å²) in [5.41, 5.74) is 1.58. The van der Waals surface area contributed by atoms with Gasteiger partial charge in [0.2, 0.25) is 5.91 Å². The van der Waals surface area contributed by atoms with E-state index in [0.717, 1.165) is 10.4 Å². The number of fused-ring (bicyclic) bond motifs is 3. The number of halogens is 1. The molecule has 0 saturated carbocycles. The Balaban J connectivity index is 1.71. The van der Waals surface area contributed by atoms with Gasteiger partial charge in [-0.25, -0.2) is 4.98 Å². The lowest BCUT2D eigenvalue weighted by atomic mass is 10.0. The van der Waals surface area contributed by atoms with E-state index in [0.29, 0.717) is 35.1 Å². The largest absolute Gasteiger partial charge is 0.395 e. The summed E-state index contributed by atoms with van der Waals surface area (Å²) in [7, 11) is 1.60. The maximum absolute atomic E-state index is 12.9. The standard InChI is InChI=1S/C19H19ClN4O4S/c1-22-10-14(26)24(7-8-25)19-15(17(22)27)11-4-6-23(9-13(11)29-19)18(28)16-12(20)3-2-5-21-16/h2-3,5,25H,4,6-10H2,1H3. The van der Waals surface area contributed by atoms with Crippen molar-refractivity contribution in [3.05, 3.63) is 45.1 Å². The minimum atomic E-state index is -0.267. The lowest BCUT2D eigenvalue weighted by Crippen LogP contribution is -2.39. The minimum absolute atomic E-state index is 0.0300. The Morgan fingerprint density at radius 3 is 2.86 bits per heavy atom. The second kappa shape index (κ2) is 7.74. The summed E-state index contributed by atoms with van der Waals surface area (Å²) >= 11 is 7.45. The Morgan fingerprint density at radius 2 is 2.14 bits per heavy atom. The van der Waals surface area contributed by atoms with Crippen molar-refractivity contribution in [2.45, 2.75) is 13.0 Å². The van der Waals surface area contributed by atoms with Gasteiger partial charge >= 0.3 is 0 Å². The first kappa shape index (κ1) is 19.8. The van der Waals surface area contributed by atoms with Crippen LogP contribution in [0.4, 0.5) is 5.00 Å². The van der Waals surface area contributed by atoms with Crippen molar-refractivity contribution < 1.29 is 19.5 Å². The number of anilines is 1. The minimum Gasteiger partial charge on any atom is -0.395 e. The van der Waals surface area contributed by atoms with Crippen molar-refractivity contribution in [1.82, 2.24) is 14.8 Å². The van der Waals surface area contributed by atoms with E-state index < -0.39 is 0 Å². The molecule has 8 nitrogen and oxygen atoms in total. The summed E-state index contributed by atoms with van der Waals surface area (Å²) in [6.45, 7) is 0.633. The van der Waals surface area contributed by atoms with Crippen molar-refractivity contribution in [2.24, 2.45) is 0 Å². The second-order valence-corrected chi connectivity index (χ2v) is 8.42. The maximum Gasteiger partial charge on any atom is 0.274 e. The Hall–Kier alpha value is -2.49. The number of aliphatic hydroxyl groups excluding tert-OH is 1. The van der Waals surface area contributed by atoms with Crippen LogP contribution in [0.2, 0.25) is 5.02 Å². The fourth-order valence-electron chi connectivity index (χ4n) is 3.66. The van der Waals surface area contributed by atoms with Crippen LogP contribution in [-0.2, 0) is 17.8 Å². The highest BCUT2D eigenvalue weighted by atomic mass is 35.5. The molecular weight excluding hydrogens is 416 g/mol. The van der Waals surface area contributed by atoms with Crippen LogP contribution in [0.5, 0.6) is 0 Å². The average molecular weight is 435 g/mol. The number of hydrogen-bond acceptors (Lipinski definition) is 6. The quantitative estimate of drug-likeness (QED) is 0.788. The summed E-state index contributed by atoms with van der Waals surface area (Å²) in [5.74, 6) is -0.712. The van der Waals surface area contributed by atoms with Crippen LogP contribution < -0.4 is 4.90 Å². The van der Waals surface area contributed by atoms with Crippen molar-refractivity contribution in [3.8, 4) is 0 Å². The summed E-state index contributed by atoms with van der Waals surface area (Å²) in [6.07, 6.45) is 2.02. The van der Waals surface area contributed by atoms with Crippen LogP contribution in [0.15, 0.2) is 18.3 Å². The molecule has 1 N–H and O–H groups in total. The number of likely N-dealkylation sites (N-methyl/N-ethyl adjacent to an activating group) is 1. The van der Waals surface area contributed by atoms with Gasteiger partial charge in [0.15, 0.2) is 0 Å². The van der Waals surface area contributed by atoms with Gasteiger partial charge in [0, 0.05) is 31.2 Å². The van der Waals surface area contributed by atoms with E-state index in [2.05, 4.69) is 4.98 Å². The molecule has 2 aliphatic heterocycles. The number of amides is 3. The second-order valence-electron chi connectivity index (χ2n) is 6.92. The molecular formula is C19H19ClN4O4S. The van der Waals surface area contributed by atoms with Crippen LogP contribution in [0.3, 0.4) is 0 Å². The van der Waals surface area contributed by atoms with Crippen molar-refractivity contribution in [2.75, 3.05) is 38.2 Å². The zero-order valence-corrected chi connectivity index (χ0v) is 17.3. The van der Waals surface area contributed by atoms with Gasteiger partial charge in [0.05, 0.1) is 23.7 Å². The van der Waals surface area contributed by atoms with Gasteiger partial charge in [0.1, 0.15) is 17.2 Å². The van der Waals surface area contributed by atoms with Gasteiger partial charge in [-0.2, -0.15) is 0 Å². The Kier molecular flexibility index (Phi) is 5.28. The van der Waals surface area contributed by atoms with E-state index in [-0.39, 0.29) is 43.1 Å². The summed E-state index contributed by atoms with van der Waals surface area (Å²) in [5, 5.41) is 10.2. The first-order valence-corrected chi connectivity index (χ1v) is 10.3. The van der Waals surface area contributed by atoms with Gasteiger partial charge in [-0.05, 0) is 24.1 Å². The van der Waals surface area contributed by atoms with Crippen molar-refractivity contribution in [3.63, 3.8) is 0 Å². The average Bonchev–Trinajstić information content (AvgIpc) is 3.05. The normalized spacial score (nSPS) is 16.6. The van der Waals surface area contributed by atoms with E-state index in [9.17, 15) is 19.5 Å². The highest BCUT2D eigenvalue weighted by molar-refractivity contribution is 7.17. The lowest BCUT2D eigenvalue weighted by Gasteiger charge is -2.27. The van der Waals surface area contributed by atoms with Crippen molar-refractivity contribution >= 4 is 45.7 Å². The van der Waals surface area contributed by atoms with Gasteiger partial charge in [-0.15, -0.1) is 11.3 Å². The third-order valence-electron chi connectivity index (χ3n) is 5.09. The van der Waals surface area contributed by atoms with Crippen LogP contribution in [-0.4, -0.2) is 70.9 Å². The van der Waals surface area contributed by atoms with Crippen LogP contribution >= 0.6 is 22.9 Å². The first-order chi connectivity index (χ1) is 13.9. The van der Waals surface area contributed by atoms with Crippen molar-refractivity contribution in [1.29, 1.82) is 0 Å². The number of aliphatic hydroxyl groups is 1. The molecule has 10 heteroatoms. The molecule has 4 rings (SSSR count). The number of β-amino-alcohol motifs (C(OH)–C–C–N with tert-alkyl or cyclic N) is 1. The summed E-state index contributed by atoms with van der Waals surface area (Å²) < 4.78 is 0. The maximum atomic E-state index is 12.9. The van der Waals surface area contributed by atoms with E-state index >= 15 is 0 Å². The molecule has 0 aliphatic carbocycles. The highest BCUT2D eigenvalue weighted by Crippen LogP contribution is 2.41. The third-order valence-corrected chi connectivity index (χ3v) is 6.63. The number of carbonyl (C=O) groups excluding carboxylic acids is 3. The molecule has 0 saturated heterocycles. The third kappa shape index (κ3) is 3.39. The lowest BCUT2D eigenvalue weighted by molar-refractivity contribution is -0.119. The van der Waals surface area contributed by atoms with Crippen LogP contribution in [0.25, 0.3) is 0 Å². The smallest absolute Gasteiger partial charge is 0.274 e. The van der Waals surface area contributed by atoms with Crippen LogP contribution in [0.1, 0.15) is 31.3 Å². The number of thiophene rings is 1. The van der Waals surface area contributed by atoms with Gasteiger partial charge < -0.3 is 14.9 Å². The molecule has 29 heavy (non-hydrogen) atoms. The summed E-state index contributed by atoms with van der Waals surface area (Å²) in [6, 6.07) is 3.29. The number of rotatable bonds is 3. The van der Waals surface area contributed by atoms with E-state index in [4.69, 9.17) is 11.6 Å². The monoisotopic (exact) mass is 434 g/mol. The Labute approximate surface area is 176 Å². The highest BCUT2D eigenvalue weighted by Gasteiger charge is 2.37. The molecule has 0 atom stereocenters. The van der Waals surface area contributed by atoms with Gasteiger partial charge in [0.25, 0.3) is 11.8 Å². The molecule has 0 unspecified atom stereocenters. The number of pyridine rings is 1. The Morgan fingerprint density at radius 1 is 1.34 bits per heavy atom. The van der Waals surface area contributed by atoms with Gasteiger partial charge in [-0.3, -0.25) is 19.3 Å². The SMILES string of the molecule is CN1CC(=O)N(CCO)c2sc3c(c2C1=O)CCN(C(=O)c1ncccc1Cl)C3. The van der Waals surface area contributed by atoms with E-state index in [1.165, 1.54) is 27.3 Å². The number of hydrogen-bond donors (Lipinski definition) is 1. The number of carbonyl (C=O) groups is 3. The van der Waals surface area contributed by atoms with E-state index in [1.54, 1.807) is 24.1 Å². The molecule has 2 aromatic rings. The molecule has 4 heterocycles. The molecule has 0 radical (unpaired) electrons. The first-order valence-electron chi connectivity index (χ1n) is 9.13. The summed E-state index contributed by atoms with van der Waals surface area (Å²) in [4.78, 5) is 47.9. The molecule has 0 bridgehead atoms. The number of aromatic nitrogens is 1. The fourth-order valence-corrected chi connectivity index (χ4v) is 5.26. The fraction of sp³-hybridized carbons (Fsp3) is 0.368. The molecule has 2 aliphatic rings. The topological polar surface area (TPSA) is 94.0 Å². The zero-order valence-electron chi connectivity index (χ0n) is 15.7. The van der Waals surface area contributed by atoms with E-state index in [1.807, 2.05) is 0 Å². The Bertz CT molecular complexity index is 1010. The molecule has 0 aromatic carbocycles. The molecule has 3 amide bonds. The predicted octanol–water partition coefficient (Wildman–Crippen LogP) is 1.41. The molecule has 0 spiro atoms. The van der Waals surface area contributed by atoms with Gasteiger partial charge in [-0.1, -0.05) is 11.6 Å². The molecule has 0 fully saturated rings. The molecule has 152 valence electrons. The predicted molar refractivity (Wildman–Crippen MR) is 108 cm³/mol. The van der Waals surface area contributed by atoms with Crippen LogP contribution in [0, 0.1) is 0 Å². The zero-order chi connectivity index (χ0) is 20.7.